The minimum absolute atomic E-state index is 0.00685. The first-order chi connectivity index (χ1) is 8.47. The average Bonchev–Trinajstić information content (AvgIpc) is 2.78. The molecular formula is C12H15N3O3. The highest BCUT2D eigenvalue weighted by molar-refractivity contribution is 5.70. The van der Waals surface area contributed by atoms with Gasteiger partial charge in [-0.3, -0.25) is 9.48 Å². The van der Waals surface area contributed by atoms with Crippen molar-refractivity contribution in [2.45, 2.75) is 33.7 Å². The average molecular weight is 249 g/mol. The molecule has 0 saturated heterocycles. The first-order valence-electron chi connectivity index (χ1n) is 5.64. The van der Waals surface area contributed by atoms with Gasteiger partial charge in [-0.15, -0.1) is 0 Å². The molecule has 1 N–H and O–H groups in total. The molecule has 18 heavy (non-hydrogen) atoms. The zero-order valence-electron chi connectivity index (χ0n) is 10.6. The fourth-order valence-corrected chi connectivity index (χ4v) is 1.93. The number of rotatable bonds is 4. The van der Waals surface area contributed by atoms with Gasteiger partial charge >= 0.3 is 5.97 Å². The lowest BCUT2D eigenvalue weighted by Crippen LogP contribution is -2.05. The number of aromatic nitrogens is 3. The van der Waals surface area contributed by atoms with Crippen LogP contribution in [0.15, 0.2) is 10.6 Å². The number of carboxylic acids is 1. The molecule has 0 fully saturated rings. The largest absolute Gasteiger partial charge is 0.481 e. The minimum atomic E-state index is -0.851. The van der Waals surface area contributed by atoms with Gasteiger partial charge in [0.2, 0.25) is 0 Å². The van der Waals surface area contributed by atoms with Gasteiger partial charge in [-0.2, -0.15) is 5.10 Å². The molecule has 6 nitrogen and oxygen atoms in total. The molecule has 96 valence electrons. The number of carboxylic acid groups (broad SMARTS) is 1. The predicted octanol–water partition coefficient (Wildman–Crippen LogP) is 1.47. The van der Waals surface area contributed by atoms with Gasteiger partial charge in [-0.25, -0.2) is 0 Å². The molecule has 0 aliphatic carbocycles. The molecule has 2 aromatic rings. The van der Waals surface area contributed by atoms with E-state index in [0.29, 0.717) is 12.3 Å². The maximum absolute atomic E-state index is 10.8. The van der Waals surface area contributed by atoms with Crippen molar-refractivity contribution in [2.24, 2.45) is 0 Å². The van der Waals surface area contributed by atoms with E-state index in [2.05, 4.69) is 10.3 Å². The topological polar surface area (TPSA) is 81.2 Å². The predicted molar refractivity (Wildman–Crippen MR) is 63.4 cm³/mol. The Labute approximate surface area is 104 Å². The Morgan fingerprint density at radius 1 is 1.44 bits per heavy atom. The van der Waals surface area contributed by atoms with Crippen molar-refractivity contribution in [1.29, 1.82) is 0 Å². The molecule has 0 amide bonds. The van der Waals surface area contributed by atoms with Crippen molar-refractivity contribution < 1.29 is 14.4 Å². The van der Waals surface area contributed by atoms with Crippen LogP contribution >= 0.6 is 0 Å². The van der Waals surface area contributed by atoms with Crippen LogP contribution in [-0.2, 0) is 17.8 Å². The summed E-state index contributed by atoms with van der Waals surface area (Å²) in [4.78, 5) is 10.8. The number of hydrogen-bond donors (Lipinski definition) is 1. The van der Waals surface area contributed by atoms with Crippen LogP contribution in [0.5, 0.6) is 0 Å². The third kappa shape index (κ3) is 2.42. The molecule has 0 aromatic carbocycles. The van der Waals surface area contributed by atoms with Crippen molar-refractivity contribution in [1.82, 2.24) is 14.9 Å². The number of hydrogen-bond acceptors (Lipinski definition) is 4. The van der Waals surface area contributed by atoms with Crippen molar-refractivity contribution in [3.05, 3.63) is 34.5 Å². The van der Waals surface area contributed by atoms with Crippen LogP contribution in [0.4, 0.5) is 0 Å². The van der Waals surface area contributed by atoms with Crippen LogP contribution in [0, 0.1) is 20.8 Å². The summed E-state index contributed by atoms with van der Waals surface area (Å²) >= 11 is 0. The van der Waals surface area contributed by atoms with Crippen molar-refractivity contribution in [3.63, 3.8) is 0 Å². The lowest BCUT2D eigenvalue weighted by atomic mass is 10.1. The van der Waals surface area contributed by atoms with Gasteiger partial charge in [0.15, 0.2) is 5.76 Å². The Balaban J connectivity index is 2.26. The summed E-state index contributed by atoms with van der Waals surface area (Å²) in [5, 5.41) is 17.0. The van der Waals surface area contributed by atoms with E-state index >= 15 is 0 Å². The van der Waals surface area contributed by atoms with Crippen LogP contribution in [-0.4, -0.2) is 26.0 Å². The number of nitrogens with zero attached hydrogens (tertiary/aromatic N) is 3. The van der Waals surface area contributed by atoms with Crippen LogP contribution in [0.1, 0.15) is 28.4 Å². The van der Waals surface area contributed by atoms with Crippen LogP contribution in [0.3, 0.4) is 0 Å². The highest BCUT2D eigenvalue weighted by Crippen LogP contribution is 2.15. The molecule has 0 aliphatic heterocycles. The Kier molecular flexibility index (Phi) is 3.18. The van der Waals surface area contributed by atoms with Gasteiger partial charge in [-0.1, -0.05) is 5.16 Å². The summed E-state index contributed by atoms with van der Waals surface area (Å²) in [6.45, 7) is 5.99. The maximum Gasteiger partial charge on any atom is 0.307 e. The second-order valence-corrected chi connectivity index (χ2v) is 4.31. The third-order valence-corrected chi connectivity index (χ3v) is 2.84. The molecule has 0 spiro atoms. The molecule has 2 rings (SSSR count). The Hall–Kier alpha value is -2.11. The summed E-state index contributed by atoms with van der Waals surface area (Å²) in [6.07, 6.45) is -0.00685. The van der Waals surface area contributed by atoms with E-state index in [1.165, 1.54) is 0 Å². The molecule has 2 heterocycles. The molecule has 0 unspecified atom stereocenters. The van der Waals surface area contributed by atoms with Gasteiger partial charge in [0, 0.05) is 17.3 Å². The van der Waals surface area contributed by atoms with Crippen molar-refractivity contribution >= 4 is 5.97 Å². The molecule has 0 saturated carbocycles. The molecular weight excluding hydrogens is 234 g/mol. The third-order valence-electron chi connectivity index (χ3n) is 2.84. The van der Waals surface area contributed by atoms with Gasteiger partial charge in [-0.05, 0) is 20.8 Å². The fourth-order valence-electron chi connectivity index (χ4n) is 1.93. The van der Waals surface area contributed by atoms with E-state index in [0.717, 1.165) is 22.6 Å². The van der Waals surface area contributed by atoms with Gasteiger partial charge in [0.1, 0.15) is 6.54 Å². The molecule has 0 aliphatic rings. The second kappa shape index (κ2) is 4.64. The first kappa shape index (κ1) is 12.3. The number of carbonyl (C=O) groups is 1. The van der Waals surface area contributed by atoms with E-state index in [4.69, 9.17) is 9.63 Å². The minimum Gasteiger partial charge on any atom is -0.481 e. The van der Waals surface area contributed by atoms with Crippen molar-refractivity contribution in [2.75, 3.05) is 0 Å². The maximum atomic E-state index is 10.8. The summed E-state index contributed by atoms with van der Waals surface area (Å²) in [7, 11) is 0. The molecule has 0 radical (unpaired) electrons. The van der Waals surface area contributed by atoms with Crippen LogP contribution in [0.25, 0.3) is 0 Å². The molecule has 0 bridgehead atoms. The van der Waals surface area contributed by atoms with Crippen LogP contribution in [0.2, 0.25) is 0 Å². The summed E-state index contributed by atoms with van der Waals surface area (Å²) in [5.41, 5.74) is 3.17. The Morgan fingerprint density at radius 2 is 2.17 bits per heavy atom. The SMILES string of the molecule is Cc1cc(Cn2nc(C)c(CC(=O)O)c2C)on1. The smallest absolute Gasteiger partial charge is 0.307 e. The lowest BCUT2D eigenvalue weighted by molar-refractivity contribution is -0.136. The quantitative estimate of drug-likeness (QED) is 0.887. The van der Waals surface area contributed by atoms with E-state index < -0.39 is 5.97 Å². The van der Waals surface area contributed by atoms with Gasteiger partial charge in [0.05, 0.1) is 17.8 Å². The normalized spacial score (nSPS) is 10.8. The Bertz CT molecular complexity index is 583. The summed E-state index contributed by atoms with van der Waals surface area (Å²) < 4.78 is 6.87. The zero-order valence-corrected chi connectivity index (χ0v) is 10.6. The van der Waals surface area contributed by atoms with Crippen LogP contribution < -0.4 is 0 Å². The molecule has 2 aromatic heterocycles. The van der Waals surface area contributed by atoms with Crippen molar-refractivity contribution in [3.8, 4) is 0 Å². The highest BCUT2D eigenvalue weighted by Gasteiger charge is 2.15. The summed E-state index contributed by atoms with van der Waals surface area (Å²) in [5.74, 6) is -0.142. The zero-order chi connectivity index (χ0) is 13.3. The summed E-state index contributed by atoms with van der Waals surface area (Å²) in [6, 6.07) is 1.84. The number of aliphatic carboxylic acids is 1. The monoisotopic (exact) mass is 249 g/mol. The second-order valence-electron chi connectivity index (χ2n) is 4.31. The van der Waals surface area contributed by atoms with E-state index in [1.807, 2.05) is 26.8 Å². The first-order valence-corrected chi connectivity index (χ1v) is 5.64. The fraction of sp³-hybridized carbons (Fsp3) is 0.417. The number of aryl methyl sites for hydroxylation is 2. The standard InChI is InChI=1S/C12H15N3O3/c1-7-4-10(18-14-7)6-15-9(3)11(5-12(16)17)8(2)13-15/h4H,5-6H2,1-3H3,(H,16,17). The van der Waals surface area contributed by atoms with Gasteiger partial charge < -0.3 is 9.63 Å². The molecule has 6 heteroatoms. The Morgan fingerprint density at radius 3 is 2.72 bits per heavy atom. The lowest BCUT2D eigenvalue weighted by Gasteiger charge is -2.01. The van der Waals surface area contributed by atoms with E-state index in [1.54, 1.807) is 4.68 Å². The van der Waals surface area contributed by atoms with Gasteiger partial charge in [0.25, 0.3) is 0 Å². The van der Waals surface area contributed by atoms with E-state index in [-0.39, 0.29) is 6.42 Å². The highest BCUT2D eigenvalue weighted by atomic mass is 16.5. The van der Waals surface area contributed by atoms with E-state index in [9.17, 15) is 4.79 Å². The molecule has 0 atom stereocenters.